The summed E-state index contributed by atoms with van der Waals surface area (Å²) in [6, 6.07) is -0.159. The summed E-state index contributed by atoms with van der Waals surface area (Å²) < 4.78 is 39.0. The van der Waals surface area contributed by atoms with Gasteiger partial charge >= 0.3 is 7.25 Å². The molecule has 0 spiro atoms. The Labute approximate surface area is 116 Å². The van der Waals surface area contributed by atoms with Crippen molar-refractivity contribution in [3.05, 3.63) is 12.4 Å². The predicted octanol–water partition coefficient (Wildman–Crippen LogP) is 2.40. The second kappa shape index (κ2) is 8.70. The third kappa shape index (κ3) is 8.65. The van der Waals surface area contributed by atoms with Crippen LogP contribution >= 0.6 is 0 Å². The van der Waals surface area contributed by atoms with Crippen LogP contribution in [0.15, 0.2) is 12.4 Å². The SMILES string of the molecule is CCCCN1C=CN(C(CC)C(N)=O)C1.F[B-](F)(F)F. The van der Waals surface area contributed by atoms with Crippen molar-refractivity contribution >= 4 is 13.2 Å². The van der Waals surface area contributed by atoms with E-state index in [1.807, 2.05) is 24.2 Å². The Morgan fingerprint density at radius 1 is 1.30 bits per heavy atom. The Balaban J connectivity index is 0.000000621. The fraction of sp³-hybridized carbons (Fsp3) is 0.727. The highest BCUT2D eigenvalue weighted by Crippen LogP contribution is 2.13. The van der Waals surface area contributed by atoms with Gasteiger partial charge in [0.05, 0.1) is 6.67 Å². The second-order valence-corrected chi connectivity index (χ2v) is 4.44. The van der Waals surface area contributed by atoms with Crippen molar-refractivity contribution in [3.8, 4) is 0 Å². The molecule has 0 radical (unpaired) electrons. The zero-order valence-electron chi connectivity index (χ0n) is 11.7. The Morgan fingerprint density at radius 3 is 2.25 bits per heavy atom. The maximum Gasteiger partial charge on any atom is 0.673 e. The molecule has 0 fully saturated rings. The number of hydrogen-bond donors (Lipinski definition) is 1. The molecule has 1 rings (SSSR count). The van der Waals surface area contributed by atoms with E-state index in [-0.39, 0.29) is 11.9 Å². The summed E-state index contributed by atoms with van der Waals surface area (Å²) in [4.78, 5) is 15.4. The van der Waals surface area contributed by atoms with Gasteiger partial charge in [-0.15, -0.1) is 0 Å². The van der Waals surface area contributed by atoms with Crippen molar-refractivity contribution < 1.29 is 22.1 Å². The van der Waals surface area contributed by atoms with E-state index in [1.54, 1.807) is 0 Å². The molecule has 0 aromatic rings. The molecule has 0 aromatic carbocycles. The van der Waals surface area contributed by atoms with Gasteiger partial charge in [0.25, 0.3) is 0 Å². The van der Waals surface area contributed by atoms with Crippen LogP contribution in [-0.4, -0.2) is 42.2 Å². The summed E-state index contributed by atoms with van der Waals surface area (Å²) in [5.41, 5.74) is 5.34. The third-order valence-electron chi connectivity index (χ3n) is 2.73. The van der Waals surface area contributed by atoms with E-state index in [4.69, 9.17) is 5.73 Å². The van der Waals surface area contributed by atoms with Crippen molar-refractivity contribution in [2.45, 2.75) is 39.2 Å². The number of carbonyl (C=O) groups excluding carboxylic acids is 1. The number of rotatable bonds is 6. The van der Waals surface area contributed by atoms with Crippen LogP contribution in [0.1, 0.15) is 33.1 Å². The highest BCUT2D eigenvalue weighted by molar-refractivity contribution is 6.50. The Bertz CT molecular complexity index is 319. The molecule has 20 heavy (non-hydrogen) atoms. The molecule has 0 aromatic heterocycles. The first kappa shape index (κ1) is 18.6. The number of unbranched alkanes of at least 4 members (excludes halogenated alkanes) is 1. The van der Waals surface area contributed by atoms with E-state index in [0.29, 0.717) is 0 Å². The summed E-state index contributed by atoms with van der Waals surface area (Å²) in [5.74, 6) is -0.237. The normalized spacial score (nSPS) is 15.9. The Kier molecular flexibility index (Phi) is 8.09. The smallest absolute Gasteiger partial charge is 0.418 e. The molecule has 118 valence electrons. The highest BCUT2D eigenvalue weighted by Gasteiger charge is 2.23. The molecule has 1 aliphatic heterocycles. The van der Waals surface area contributed by atoms with Gasteiger partial charge in [-0.1, -0.05) is 20.3 Å². The first-order chi connectivity index (χ1) is 9.19. The van der Waals surface area contributed by atoms with Gasteiger partial charge in [-0.3, -0.25) is 4.79 Å². The first-order valence-corrected chi connectivity index (χ1v) is 6.53. The van der Waals surface area contributed by atoms with E-state index in [2.05, 4.69) is 11.8 Å². The third-order valence-corrected chi connectivity index (χ3v) is 2.73. The number of primary amides is 1. The maximum atomic E-state index is 11.2. The molecular weight excluding hydrogens is 277 g/mol. The van der Waals surface area contributed by atoms with Crippen LogP contribution < -0.4 is 5.73 Å². The molecule has 1 heterocycles. The number of carbonyl (C=O) groups is 1. The maximum absolute atomic E-state index is 11.2. The van der Waals surface area contributed by atoms with Gasteiger partial charge in [0.2, 0.25) is 5.91 Å². The van der Waals surface area contributed by atoms with Crippen molar-refractivity contribution in [3.63, 3.8) is 0 Å². The molecule has 0 saturated carbocycles. The molecular formula is C11H21BF4N3O-. The average Bonchev–Trinajstić information content (AvgIpc) is 2.73. The number of nitrogens with two attached hydrogens (primary N) is 1. The van der Waals surface area contributed by atoms with Crippen molar-refractivity contribution in [1.29, 1.82) is 0 Å². The fourth-order valence-corrected chi connectivity index (χ4v) is 1.79. The Hall–Kier alpha value is -1.41. The first-order valence-electron chi connectivity index (χ1n) is 6.53. The van der Waals surface area contributed by atoms with Gasteiger partial charge in [0.15, 0.2) is 0 Å². The number of nitrogens with zero attached hydrogens (tertiary/aromatic N) is 2. The quantitative estimate of drug-likeness (QED) is 0.605. The average molecular weight is 298 g/mol. The molecule has 0 saturated heterocycles. The minimum atomic E-state index is -6.00. The van der Waals surface area contributed by atoms with Crippen LogP contribution in [0.4, 0.5) is 17.3 Å². The number of halogens is 4. The summed E-state index contributed by atoms with van der Waals surface area (Å²) >= 11 is 0. The minimum Gasteiger partial charge on any atom is -0.418 e. The lowest BCUT2D eigenvalue weighted by molar-refractivity contribution is -0.122. The number of amides is 1. The lowest BCUT2D eigenvalue weighted by atomic mass is 10.2. The van der Waals surface area contributed by atoms with E-state index in [9.17, 15) is 22.1 Å². The topological polar surface area (TPSA) is 49.6 Å². The van der Waals surface area contributed by atoms with Gasteiger partial charge < -0.3 is 32.8 Å². The molecule has 1 aliphatic rings. The zero-order valence-corrected chi connectivity index (χ0v) is 11.7. The summed E-state index contributed by atoms with van der Waals surface area (Å²) in [7, 11) is -6.00. The summed E-state index contributed by atoms with van der Waals surface area (Å²) in [6.45, 7) is 6.01. The molecule has 0 bridgehead atoms. The van der Waals surface area contributed by atoms with Crippen LogP contribution in [0.5, 0.6) is 0 Å². The Morgan fingerprint density at radius 2 is 1.85 bits per heavy atom. The van der Waals surface area contributed by atoms with E-state index in [0.717, 1.165) is 19.6 Å². The summed E-state index contributed by atoms with van der Waals surface area (Å²) in [5, 5.41) is 0. The molecule has 9 heteroatoms. The van der Waals surface area contributed by atoms with Crippen LogP contribution in [-0.2, 0) is 4.79 Å². The number of hydrogen-bond acceptors (Lipinski definition) is 3. The highest BCUT2D eigenvalue weighted by atomic mass is 19.5. The second-order valence-electron chi connectivity index (χ2n) is 4.44. The zero-order chi connectivity index (χ0) is 15.8. The predicted molar refractivity (Wildman–Crippen MR) is 70.9 cm³/mol. The molecule has 1 unspecified atom stereocenters. The van der Waals surface area contributed by atoms with Crippen LogP contribution in [0.3, 0.4) is 0 Å². The van der Waals surface area contributed by atoms with E-state index < -0.39 is 7.25 Å². The van der Waals surface area contributed by atoms with E-state index >= 15 is 0 Å². The van der Waals surface area contributed by atoms with Crippen molar-refractivity contribution in [2.75, 3.05) is 13.2 Å². The van der Waals surface area contributed by atoms with Gasteiger partial charge in [0, 0.05) is 18.9 Å². The largest absolute Gasteiger partial charge is 0.673 e. The molecule has 0 aliphatic carbocycles. The standard InChI is InChI=1S/C11H21N3O.BF4/c1-3-5-6-13-7-8-14(9-13)10(4-2)11(12)15;2-1(3,4)5/h7-8,10H,3-6,9H2,1-2H3,(H2,12,15);/q;-1. The minimum absolute atomic E-state index is 0.159. The lowest BCUT2D eigenvalue weighted by Crippen LogP contribution is -2.42. The molecule has 1 atom stereocenters. The molecule has 2 N–H and O–H groups in total. The monoisotopic (exact) mass is 298 g/mol. The van der Waals surface area contributed by atoms with Gasteiger partial charge in [-0.2, -0.15) is 0 Å². The molecule has 4 nitrogen and oxygen atoms in total. The van der Waals surface area contributed by atoms with Crippen molar-refractivity contribution in [2.24, 2.45) is 5.73 Å². The van der Waals surface area contributed by atoms with Crippen molar-refractivity contribution in [1.82, 2.24) is 9.80 Å². The van der Waals surface area contributed by atoms with Gasteiger partial charge in [-0.25, -0.2) is 0 Å². The molecule has 1 amide bonds. The van der Waals surface area contributed by atoms with Gasteiger partial charge in [-0.05, 0) is 12.8 Å². The van der Waals surface area contributed by atoms with Crippen LogP contribution in [0.25, 0.3) is 0 Å². The lowest BCUT2D eigenvalue weighted by Gasteiger charge is -2.26. The van der Waals surface area contributed by atoms with E-state index in [1.165, 1.54) is 12.8 Å². The fourth-order valence-electron chi connectivity index (χ4n) is 1.79. The van der Waals surface area contributed by atoms with Crippen LogP contribution in [0.2, 0.25) is 0 Å². The van der Waals surface area contributed by atoms with Gasteiger partial charge in [0.1, 0.15) is 6.04 Å². The van der Waals surface area contributed by atoms with Crippen LogP contribution in [0, 0.1) is 0 Å². The summed E-state index contributed by atoms with van der Waals surface area (Å²) in [6.07, 6.45) is 7.15.